The van der Waals surface area contributed by atoms with Crippen LogP contribution in [0.5, 0.6) is 0 Å². The fourth-order valence-corrected chi connectivity index (χ4v) is 2.65. The van der Waals surface area contributed by atoms with Gasteiger partial charge in [0.15, 0.2) is 5.13 Å². The van der Waals surface area contributed by atoms with Crippen molar-refractivity contribution >= 4 is 22.4 Å². The molecule has 24 heavy (non-hydrogen) atoms. The fourth-order valence-electron chi connectivity index (χ4n) is 1.94. The molecule has 0 saturated heterocycles. The molecule has 1 amide bonds. The summed E-state index contributed by atoms with van der Waals surface area (Å²) in [5.41, 5.74) is 0.603. The van der Waals surface area contributed by atoms with E-state index in [2.05, 4.69) is 15.3 Å². The Labute approximate surface area is 139 Å². The van der Waals surface area contributed by atoms with E-state index in [-0.39, 0.29) is 5.56 Å². The number of hydrogen-bond acceptors (Lipinski definition) is 4. The second-order valence-electron chi connectivity index (χ2n) is 4.79. The second-order valence-corrected chi connectivity index (χ2v) is 5.65. The van der Waals surface area contributed by atoms with Crippen LogP contribution >= 0.6 is 11.3 Å². The van der Waals surface area contributed by atoms with Crippen LogP contribution in [-0.4, -0.2) is 15.9 Å². The van der Waals surface area contributed by atoms with E-state index >= 15 is 0 Å². The van der Waals surface area contributed by atoms with Crippen LogP contribution in [0.4, 0.5) is 18.3 Å². The highest BCUT2D eigenvalue weighted by molar-refractivity contribution is 7.14. The van der Waals surface area contributed by atoms with Gasteiger partial charge in [-0.3, -0.25) is 15.1 Å². The van der Waals surface area contributed by atoms with Gasteiger partial charge in [0.2, 0.25) is 0 Å². The fraction of sp³-hybridized carbons (Fsp3) is 0.0625. The number of anilines is 1. The molecule has 0 radical (unpaired) electrons. The van der Waals surface area contributed by atoms with Crippen molar-refractivity contribution in [3.63, 3.8) is 0 Å². The summed E-state index contributed by atoms with van der Waals surface area (Å²) in [6.07, 6.45) is -3.64. The molecule has 2 heterocycles. The van der Waals surface area contributed by atoms with Gasteiger partial charge in [-0.2, -0.15) is 13.2 Å². The standard InChI is InChI=1S/C16H10F3N3OS/c17-16(18,19)13-7-6-11(8-20-13)14(23)22-15-21-12(9-24-15)10-4-2-1-3-5-10/h1-9H,(H,21,22,23). The number of nitrogens with one attached hydrogen (secondary N) is 1. The molecule has 3 aromatic rings. The van der Waals surface area contributed by atoms with Crippen molar-refractivity contribution in [1.82, 2.24) is 9.97 Å². The molecule has 0 bridgehead atoms. The van der Waals surface area contributed by atoms with Crippen LogP contribution in [0.3, 0.4) is 0 Å². The Morgan fingerprint density at radius 1 is 1.08 bits per heavy atom. The van der Waals surface area contributed by atoms with E-state index < -0.39 is 17.8 Å². The molecule has 0 saturated carbocycles. The maximum atomic E-state index is 12.5. The van der Waals surface area contributed by atoms with Gasteiger partial charge in [0, 0.05) is 17.1 Å². The summed E-state index contributed by atoms with van der Waals surface area (Å²) in [7, 11) is 0. The zero-order valence-electron chi connectivity index (χ0n) is 12.0. The quantitative estimate of drug-likeness (QED) is 0.759. The number of rotatable bonds is 3. The normalized spacial score (nSPS) is 11.3. The molecule has 0 atom stereocenters. The van der Waals surface area contributed by atoms with Crippen molar-refractivity contribution in [3.05, 3.63) is 65.3 Å². The largest absolute Gasteiger partial charge is 0.433 e. The first kappa shape index (κ1) is 16.1. The third kappa shape index (κ3) is 3.60. The Kier molecular flexibility index (Phi) is 4.30. The molecule has 0 aliphatic rings. The summed E-state index contributed by atoms with van der Waals surface area (Å²) in [6.45, 7) is 0. The number of nitrogens with zero attached hydrogens (tertiary/aromatic N) is 2. The first-order valence-electron chi connectivity index (χ1n) is 6.79. The average molecular weight is 349 g/mol. The smallest absolute Gasteiger partial charge is 0.298 e. The van der Waals surface area contributed by atoms with Gasteiger partial charge in [0.25, 0.3) is 5.91 Å². The van der Waals surface area contributed by atoms with E-state index in [0.717, 1.165) is 23.9 Å². The minimum absolute atomic E-state index is 0.0273. The van der Waals surface area contributed by atoms with Crippen molar-refractivity contribution in [1.29, 1.82) is 0 Å². The van der Waals surface area contributed by atoms with Crippen molar-refractivity contribution in [2.24, 2.45) is 0 Å². The zero-order chi connectivity index (χ0) is 17.2. The Hall–Kier alpha value is -2.74. The number of hydrogen-bond donors (Lipinski definition) is 1. The van der Waals surface area contributed by atoms with Crippen molar-refractivity contribution in [2.45, 2.75) is 6.18 Å². The van der Waals surface area contributed by atoms with Crippen LogP contribution < -0.4 is 5.32 Å². The molecule has 1 aromatic carbocycles. The maximum Gasteiger partial charge on any atom is 0.433 e. The number of aromatic nitrogens is 2. The number of carbonyl (C=O) groups excluding carboxylic acids is 1. The van der Waals surface area contributed by atoms with Gasteiger partial charge in [-0.05, 0) is 12.1 Å². The number of thiazole rings is 1. The molecule has 1 N–H and O–H groups in total. The molecule has 0 spiro atoms. The predicted octanol–water partition coefficient (Wildman–Crippen LogP) is 4.48. The highest BCUT2D eigenvalue weighted by atomic mass is 32.1. The number of amides is 1. The minimum atomic E-state index is -4.53. The van der Waals surface area contributed by atoms with Crippen LogP contribution in [0.15, 0.2) is 54.0 Å². The van der Waals surface area contributed by atoms with Crippen LogP contribution in [0.1, 0.15) is 16.1 Å². The van der Waals surface area contributed by atoms with Gasteiger partial charge < -0.3 is 0 Å². The topological polar surface area (TPSA) is 54.9 Å². The molecule has 0 unspecified atom stereocenters. The van der Waals surface area contributed by atoms with E-state index in [0.29, 0.717) is 10.8 Å². The average Bonchev–Trinajstić information content (AvgIpc) is 3.03. The van der Waals surface area contributed by atoms with Crippen molar-refractivity contribution in [2.75, 3.05) is 5.32 Å². The van der Waals surface area contributed by atoms with Crippen LogP contribution in [0.2, 0.25) is 0 Å². The van der Waals surface area contributed by atoms with E-state index in [1.807, 2.05) is 30.3 Å². The summed E-state index contributed by atoms with van der Waals surface area (Å²) in [4.78, 5) is 19.6. The highest BCUT2D eigenvalue weighted by Crippen LogP contribution is 2.28. The molecule has 2 aromatic heterocycles. The molecular weight excluding hydrogens is 339 g/mol. The summed E-state index contributed by atoms with van der Waals surface area (Å²) >= 11 is 1.23. The van der Waals surface area contributed by atoms with Crippen molar-refractivity contribution < 1.29 is 18.0 Å². The first-order valence-corrected chi connectivity index (χ1v) is 7.67. The van der Waals surface area contributed by atoms with E-state index in [9.17, 15) is 18.0 Å². The van der Waals surface area contributed by atoms with Gasteiger partial charge in [-0.1, -0.05) is 30.3 Å². The first-order chi connectivity index (χ1) is 11.4. The Morgan fingerprint density at radius 3 is 2.46 bits per heavy atom. The lowest BCUT2D eigenvalue weighted by Crippen LogP contribution is -2.14. The van der Waals surface area contributed by atoms with Gasteiger partial charge in [0.05, 0.1) is 11.3 Å². The van der Waals surface area contributed by atoms with Crippen molar-refractivity contribution in [3.8, 4) is 11.3 Å². The minimum Gasteiger partial charge on any atom is -0.298 e. The number of halogens is 3. The lowest BCUT2D eigenvalue weighted by Gasteiger charge is -2.06. The molecule has 0 aliphatic heterocycles. The van der Waals surface area contributed by atoms with Crippen LogP contribution in [0, 0.1) is 0 Å². The van der Waals surface area contributed by atoms with E-state index in [1.165, 1.54) is 11.3 Å². The summed E-state index contributed by atoms with van der Waals surface area (Å²) in [5.74, 6) is -0.565. The lowest BCUT2D eigenvalue weighted by molar-refractivity contribution is -0.141. The number of alkyl halides is 3. The summed E-state index contributed by atoms with van der Waals surface area (Å²) in [5, 5.41) is 4.70. The monoisotopic (exact) mass is 349 g/mol. The molecule has 0 aliphatic carbocycles. The van der Waals surface area contributed by atoms with E-state index in [4.69, 9.17) is 0 Å². The van der Waals surface area contributed by atoms with Gasteiger partial charge in [-0.25, -0.2) is 4.98 Å². The molecule has 8 heteroatoms. The summed E-state index contributed by atoms with van der Waals surface area (Å²) < 4.78 is 37.4. The molecular formula is C16H10F3N3OS. The number of pyridine rings is 1. The number of benzene rings is 1. The molecule has 4 nitrogen and oxygen atoms in total. The Balaban J connectivity index is 1.72. The van der Waals surface area contributed by atoms with E-state index in [1.54, 1.807) is 5.38 Å². The molecule has 122 valence electrons. The Morgan fingerprint density at radius 2 is 1.83 bits per heavy atom. The SMILES string of the molecule is O=C(Nc1nc(-c2ccccc2)cs1)c1ccc(C(F)(F)F)nc1. The third-order valence-electron chi connectivity index (χ3n) is 3.11. The third-order valence-corrected chi connectivity index (χ3v) is 3.87. The van der Waals surface area contributed by atoms with Crippen LogP contribution in [-0.2, 0) is 6.18 Å². The highest BCUT2D eigenvalue weighted by Gasteiger charge is 2.32. The molecule has 0 fully saturated rings. The number of carbonyl (C=O) groups is 1. The van der Waals surface area contributed by atoms with Gasteiger partial charge in [0.1, 0.15) is 5.69 Å². The zero-order valence-corrected chi connectivity index (χ0v) is 12.9. The lowest BCUT2D eigenvalue weighted by atomic mass is 10.2. The maximum absolute atomic E-state index is 12.5. The molecule has 3 rings (SSSR count). The van der Waals surface area contributed by atoms with Crippen LogP contribution in [0.25, 0.3) is 11.3 Å². The summed E-state index contributed by atoms with van der Waals surface area (Å²) in [6, 6.07) is 11.3. The van der Waals surface area contributed by atoms with Gasteiger partial charge in [-0.15, -0.1) is 11.3 Å². The predicted molar refractivity (Wildman–Crippen MR) is 84.7 cm³/mol. The van der Waals surface area contributed by atoms with Gasteiger partial charge >= 0.3 is 6.18 Å². The second kappa shape index (κ2) is 6.40. The Bertz CT molecular complexity index is 845.